The number of thiophene rings is 1. The molecule has 0 bridgehead atoms. The normalized spacial score (nSPS) is 18.8. The molecule has 0 unspecified atom stereocenters. The van der Waals surface area contributed by atoms with Gasteiger partial charge in [-0.2, -0.15) is 0 Å². The molecule has 1 N–H and O–H groups in total. The smallest absolute Gasteiger partial charge is 0.129 e. The Labute approximate surface area is 82.9 Å². The number of hydrogen-bond acceptors (Lipinski definition) is 3. The van der Waals surface area contributed by atoms with Crippen LogP contribution >= 0.6 is 11.3 Å². The molecule has 13 heavy (non-hydrogen) atoms. The van der Waals surface area contributed by atoms with E-state index < -0.39 is 0 Å². The predicted octanol–water partition coefficient (Wildman–Crippen LogP) is 2.13. The van der Waals surface area contributed by atoms with E-state index in [-0.39, 0.29) is 0 Å². The van der Waals surface area contributed by atoms with Crippen LogP contribution in [0.5, 0.6) is 5.75 Å². The lowest BCUT2D eigenvalue weighted by Crippen LogP contribution is -2.30. The molecule has 1 aromatic heterocycles. The van der Waals surface area contributed by atoms with Gasteiger partial charge in [0, 0.05) is 5.38 Å². The monoisotopic (exact) mass is 197 g/mol. The largest absolute Gasteiger partial charge is 0.492 e. The van der Waals surface area contributed by atoms with Crippen molar-refractivity contribution in [3.05, 3.63) is 16.8 Å². The summed E-state index contributed by atoms with van der Waals surface area (Å²) in [5, 5.41) is 7.46. The molecular weight excluding hydrogens is 182 g/mol. The zero-order valence-electron chi connectivity index (χ0n) is 7.66. The number of nitrogens with one attached hydrogen (secondary N) is 1. The highest BCUT2D eigenvalue weighted by molar-refractivity contribution is 7.08. The van der Waals surface area contributed by atoms with Gasteiger partial charge in [-0.15, -0.1) is 11.3 Å². The Hall–Kier alpha value is -0.540. The van der Waals surface area contributed by atoms with Gasteiger partial charge < -0.3 is 10.1 Å². The van der Waals surface area contributed by atoms with Gasteiger partial charge in [0.05, 0.1) is 6.61 Å². The maximum atomic E-state index is 5.67. The Kier molecular flexibility index (Phi) is 3.22. The Balaban J connectivity index is 1.72. The summed E-state index contributed by atoms with van der Waals surface area (Å²) in [4.78, 5) is 0. The van der Waals surface area contributed by atoms with Crippen LogP contribution in [0.15, 0.2) is 16.8 Å². The van der Waals surface area contributed by atoms with Crippen LogP contribution in [0.3, 0.4) is 0 Å². The number of piperidine rings is 1. The quantitative estimate of drug-likeness (QED) is 0.801. The maximum Gasteiger partial charge on any atom is 0.129 e. The third-order valence-electron chi connectivity index (χ3n) is 2.44. The molecule has 2 heterocycles. The Morgan fingerprint density at radius 2 is 2.31 bits per heavy atom. The third kappa shape index (κ3) is 2.71. The van der Waals surface area contributed by atoms with Crippen LogP contribution in [0, 0.1) is 5.92 Å². The number of hydrogen-bond donors (Lipinski definition) is 1. The van der Waals surface area contributed by atoms with Crippen molar-refractivity contribution in [1.29, 1.82) is 0 Å². The second-order valence-electron chi connectivity index (χ2n) is 3.46. The Morgan fingerprint density at radius 1 is 1.46 bits per heavy atom. The lowest BCUT2D eigenvalue weighted by atomic mass is 9.99. The van der Waals surface area contributed by atoms with Crippen LogP contribution in [0.2, 0.25) is 0 Å². The molecular formula is C10H15NOS. The van der Waals surface area contributed by atoms with Crippen molar-refractivity contribution in [3.63, 3.8) is 0 Å². The summed E-state index contributed by atoms with van der Waals surface area (Å²) in [6, 6.07) is 2.03. The lowest BCUT2D eigenvalue weighted by Gasteiger charge is -2.22. The molecule has 1 aliphatic rings. The molecule has 0 aliphatic carbocycles. The summed E-state index contributed by atoms with van der Waals surface area (Å²) in [5.74, 6) is 1.78. The van der Waals surface area contributed by atoms with Crippen LogP contribution in [0.1, 0.15) is 12.8 Å². The summed E-state index contributed by atoms with van der Waals surface area (Å²) in [6.07, 6.45) is 2.51. The van der Waals surface area contributed by atoms with Crippen molar-refractivity contribution < 1.29 is 4.74 Å². The number of rotatable bonds is 3. The fraction of sp³-hybridized carbons (Fsp3) is 0.600. The Morgan fingerprint density at radius 3 is 3.00 bits per heavy atom. The lowest BCUT2D eigenvalue weighted by molar-refractivity contribution is 0.216. The van der Waals surface area contributed by atoms with E-state index in [1.807, 2.05) is 6.07 Å². The summed E-state index contributed by atoms with van der Waals surface area (Å²) >= 11 is 1.69. The van der Waals surface area contributed by atoms with Gasteiger partial charge in [-0.25, -0.2) is 0 Å². The van der Waals surface area contributed by atoms with Gasteiger partial charge in [-0.3, -0.25) is 0 Å². The van der Waals surface area contributed by atoms with E-state index in [1.165, 1.54) is 12.8 Å². The molecule has 72 valence electrons. The first-order valence-electron chi connectivity index (χ1n) is 4.81. The average Bonchev–Trinajstić information content (AvgIpc) is 2.69. The van der Waals surface area contributed by atoms with Gasteiger partial charge in [0.2, 0.25) is 0 Å². The van der Waals surface area contributed by atoms with E-state index in [2.05, 4.69) is 16.1 Å². The molecule has 0 saturated carbocycles. The maximum absolute atomic E-state index is 5.67. The van der Waals surface area contributed by atoms with Crippen LogP contribution in [0.4, 0.5) is 0 Å². The van der Waals surface area contributed by atoms with Gasteiger partial charge in [-0.1, -0.05) is 0 Å². The summed E-state index contributed by atoms with van der Waals surface area (Å²) < 4.78 is 5.67. The molecule has 3 heteroatoms. The van der Waals surface area contributed by atoms with Gasteiger partial charge in [-0.05, 0) is 43.3 Å². The van der Waals surface area contributed by atoms with Crippen molar-refractivity contribution in [2.24, 2.45) is 5.92 Å². The standard InChI is InChI=1S/C10H15NOS/c1-4-11-5-2-9(1)7-12-10-3-6-13-8-10/h3,6,8-9,11H,1-2,4-5,7H2. The molecule has 0 spiro atoms. The van der Waals surface area contributed by atoms with Crippen molar-refractivity contribution in [2.75, 3.05) is 19.7 Å². The predicted molar refractivity (Wildman–Crippen MR) is 55.4 cm³/mol. The molecule has 1 aromatic rings. The minimum atomic E-state index is 0.751. The first-order chi connectivity index (χ1) is 6.45. The Bertz CT molecular complexity index is 229. The van der Waals surface area contributed by atoms with Crippen LogP contribution in [0.25, 0.3) is 0 Å². The minimum absolute atomic E-state index is 0.751. The van der Waals surface area contributed by atoms with Gasteiger partial charge >= 0.3 is 0 Å². The van der Waals surface area contributed by atoms with Crippen molar-refractivity contribution >= 4 is 11.3 Å². The second-order valence-corrected chi connectivity index (χ2v) is 4.24. The second kappa shape index (κ2) is 4.63. The van der Waals surface area contributed by atoms with Gasteiger partial charge in [0.15, 0.2) is 0 Å². The first kappa shape index (κ1) is 9.03. The molecule has 2 nitrogen and oxygen atoms in total. The summed E-state index contributed by atoms with van der Waals surface area (Å²) in [7, 11) is 0. The van der Waals surface area contributed by atoms with Crippen LogP contribution in [-0.4, -0.2) is 19.7 Å². The zero-order chi connectivity index (χ0) is 8.93. The van der Waals surface area contributed by atoms with E-state index in [9.17, 15) is 0 Å². The highest BCUT2D eigenvalue weighted by Gasteiger charge is 2.13. The van der Waals surface area contributed by atoms with E-state index in [0.717, 1.165) is 31.4 Å². The molecule has 0 amide bonds. The molecule has 1 aliphatic heterocycles. The molecule has 0 aromatic carbocycles. The highest BCUT2D eigenvalue weighted by Crippen LogP contribution is 2.18. The zero-order valence-corrected chi connectivity index (χ0v) is 8.48. The third-order valence-corrected chi connectivity index (χ3v) is 3.10. The average molecular weight is 197 g/mol. The van der Waals surface area contributed by atoms with Crippen LogP contribution < -0.4 is 10.1 Å². The SMILES string of the molecule is c1cc(OCC2CCNCC2)cs1. The molecule has 0 radical (unpaired) electrons. The molecule has 1 saturated heterocycles. The van der Waals surface area contributed by atoms with E-state index in [1.54, 1.807) is 11.3 Å². The highest BCUT2D eigenvalue weighted by atomic mass is 32.1. The topological polar surface area (TPSA) is 21.3 Å². The van der Waals surface area contributed by atoms with Crippen molar-refractivity contribution in [3.8, 4) is 5.75 Å². The van der Waals surface area contributed by atoms with Gasteiger partial charge in [0.1, 0.15) is 5.75 Å². The minimum Gasteiger partial charge on any atom is -0.492 e. The first-order valence-corrected chi connectivity index (χ1v) is 5.75. The van der Waals surface area contributed by atoms with Crippen LogP contribution in [-0.2, 0) is 0 Å². The van der Waals surface area contributed by atoms with E-state index in [0.29, 0.717) is 0 Å². The fourth-order valence-electron chi connectivity index (χ4n) is 1.60. The van der Waals surface area contributed by atoms with Gasteiger partial charge in [0.25, 0.3) is 0 Å². The molecule has 1 fully saturated rings. The van der Waals surface area contributed by atoms with Crippen molar-refractivity contribution in [1.82, 2.24) is 5.32 Å². The fourth-order valence-corrected chi connectivity index (χ4v) is 2.17. The van der Waals surface area contributed by atoms with E-state index in [4.69, 9.17) is 4.74 Å². The number of ether oxygens (including phenoxy) is 1. The summed E-state index contributed by atoms with van der Waals surface area (Å²) in [6.45, 7) is 3.19. The van der Waals surface area contributed by atoms with Crippen molar-refractivity contribution in [2.45, 2.75) is 12.8 Å². The molecule has 2 rings (SSSR count). The van der Waals surface area contributed by atoms with E-state index >= 15 is 0 Å². The molecule has 0 atom stereocenters. The summed E-state index contributed by atoms with van der Waals surface area (Å²) in [5.41, 5.74) is 0.